The maximum absolute atomic E-state index is 13.9. The van der Waals surface area contributed by atoms with Gasteiger partial charge in [0.15, 0.2) is 11.6 Å². The Bertz CT molecular complexity index is 448. The van der Waals surface area contributed by atoms with Gasteiger partial charge in [-0.1, -0.05) is 18.2 Å². The third-order valence-electron chi connectivity index (χ3n) is 3.80. The van der Waals surface area contributed by atoms with E-state index in [1.165, 1.54) is 0 Å². The highest BCUT2D eigenvalue weighted by Gasteiger charge is 2.26. The van der Waals surface area contributed by atoms with Crippen molar-refractivity contribution < 1.29 is 13.5 Å². The minimum Gasteiger partial charge on any atom is -0.373 e. The summed E-state index contributed by atoms with van der Waals surface area (Å²) in [5.41, 5.74) is 0.686. The molecule has 0 aromatic heterocycles. The summed E-state index contributed by atoms with van der Waals surface area (Å²) in [7, 11) is 0. The molecule has 1 nitrogen and oxygen atoms in total. The van der Waals surface area contributed by atoms with Gasteiger partial charge in [0, 0.05) is 5.56 Å². The minimum atomic E-state index is -0.755. The summed E-state index contributed by atoms with van der Waals surface area (Å²) in [6.07, 6.45) is 5.37. The number of hydrogen-bond acceptors (Lipinski definition) is 1. The van der Waals surface area contributed by atoms with Crippen molar-refractivity contribution in [2.45, 2.75) is 38.7 Å². The summed E-state index contributed by atoms with van der Waals surface area (Å²) >= 11 is 0. The second-order valence-electron chi connectivity index (χ2n) is 5.23. The van der Waals surface area contributed by atoms with Gasteiger partial charge in [0.1, 0.15) is 0 Å². The van der Waals surface area contributed by atoms with Crippen molar-refractivity contribution in [2.24, 2.45) is 5.92 Å². The van der Waals surface area contributed by atoms with Crippen LogP contribution in [0.4, 0.5) is 8.78 Å². The highest BCUT2D eigenvalue weighted by atomic mass is 19.2. The van der Waals surface area contributed by atoms with Crippen LogP contribution < -0.4 is 0 Å². The monoisotopic (exact) mass is 266 g/mol. The van der Waals surface area contributed by atoms with E-state index in [1.807, 2.05) is 6.08 Å². The standard InChI is InChI=1S/C16H20F2O/c1-3-4-5-12-7-9-14(19-10-12)13-8-6-11(2)15(17)16(13)18/h3,6,8,12,14H,1,4-5,7,9-10H2,2H3. The largest absolute Gasteiger partial charge is 0.373 e. The Morgan fingerprint density at radius 1 is 1.32 bits per heavy atom. The Hall–Kier alpha value is -1.22. The molecular formula is C16H20F2O. The lowest BCUT2D eigenvalue weighted by Crippen LogP contribution is -2.21. The van der Waals surface area contributed by atoms with Crippen molar-refractivity contribution in [3.05, 3.63) is 47.5 Å². The van der Waals surface area contributed by atoms with Crippen LogP contribution in [-0.2, 0) is 4.74 Å². The molecule has 1 saturated heterocycles. The molecule has 2 unspecified atom stereocenters. The molecule has 0 spiro atoms. The molecule has 0 aliphatic carbocycles. The zero-order chi connectivity index (χ0) is 13.8. The van der Waals surface area contributed by atoms with Crippen molar-refractivity contribution in [3.63, 3.8) is 0 Å². The summed E-state index contributed by atoms with van der Waals surface area (Å²) in [6.45, 7) is 5.89. The molecule has 2 atom stereocenters. The molecule has 1 aromatic rings. The second-order valence-corrected chi connectivity index (χ2v) is 5.23. The van der Waals surface area contributed by atoms with Crippen LogP contribution in [0.1, 0.15) is 42.9 Å². The molecule has 2 rings (SSSR count). The molecular weight excluding hydrogens is 246 g/mol. The lowest BCUT2D eigenvalue weighted by Gasteiger charge is -2.29. The van der Waals surface area contributed by atoms with Crippen LogP contribution in [0, 0.1) is 24.5 Å². The molecule has 3 heteroatoms. The zero-order valence-electron chi connectivity index (χ0n) is 11.3. The molecule has 1 aliphatic rings. The molecule has 1 fully saturated rings. The van der Waals surface area contributed by atoms with Gasteiger partial charge in [0.2, 0.25) is 0 Å². The molecule has 0 N–H and O–H groups in total. The van der Waals surface area contributed by atoms with Gasteiger partial charge >= 0.3 is 0 Å². The summed E-state index contributed by atoms with van der Waals surface area (Å²) in [4.78, 5) is 0. The summed E-state index contributed by atoms with van der Waals surface area (Å²) < 4.78 is 33.1. The van der Waals surface area contributed by atoms with Gasteiger partial charge in [-0.25, -0.2) is 8.78 Å². The molecule has 0 saturated carbocycles. The Labute approximate surface area is 113 Å². The highest BCUT2D eigenvalue weighted by Crippen LogP contribution is 2.34. The van der Waals surface area contributed by atoms with Gasteiger partial charge in [0.25, 0.3) is 0 Å². The van der Waals surface area contributed by atoms with Crippen molar-refractivity contribution in [1.29, 1.82) is 0 Å². The Morgan fingerprint density at radius 3 is 2.74 bits per heavy atom. The molecule has 0 amide bonds. The number of aryl methyl sites for hydroxylation is 1. The van der Waals surface area contributed by atoms with E-state index in [0.29, 0.717) is 23.7 Å². The zero-order valence-corrected chi connectivity index (χ0v) is 11.3. The maximum atomic E-state index is 13.9. The lowest BCUT2D eigenvalue weighted by molar-refractivity contribution is -0.0210. The fourth-order valence-corrected chi connectivity index (χ4v) is 2.54. The minimum absolute atomic E-state index is 0.310. The SMILES string of the molecule is C=CCCC1CCC(c2ccc(C)c(F)c2F)OC1. The average Bonchev–Trinajstić information content (AvgIpc) is 2.44. The molecule has 104 valence electrons. The number of rotatable bonds is 4. The molecule has 0 radical (unpaired) electrons. The van der Waals surface area contributed by atoms with Crippen LogP contribution in [-0.4, -0.2) is 6.61 Å². The van der Waals surface area contributed by atoms with Crippen molar-refractivity contribution >= 4 is 0 Å². The third kappa shape index (κ3) is 3.21. The van der Waals surface area contributed by atoms with E-state index >= 15 is 0 Å². The number of benzene rings is 1. The number of allylic oxidation sites excluding steroid dienone is 1. The topological polar surface area (TPSA) is 9.23 Å². The van der Waals surface area contributed by atoms with Gasteiger partial charge in [-0.2, -0.15) is 0 Å². The van der Waals surface area contributed by atoms with E-state index in [0.717, 1.165) is 25.7 Å². The van der Waals surface area contributed by atoms with Gasteiger partial charge < -0.3 is 4.74 Å². The molecule has 1 aromatic carbocycles. The van der Waals surface area contributed by atoms with Crippen molar-refractivity contribution in [3.8, 4) is 0 Å². The first kappa shape index (κ1) is 14.2. The molecule has 1 aliphatic heterocycles. The van der Waals surface area contributed by atoms with Crippen LogP contribution in [0.25, 0.3) is 0 Å². The average molecular weight is 266 g/mol. The van der Waals surface area contributed by atoms with E-state index in [9.17, 15) is 8.78 Å². The lowest BCUT2D eigenvalue weighted by atomic mass is 9.91. The second kappa shape index (κ2) is 6.29. The number of hydrogen-bond donors (Lipinski definition) is 0. The quantitative estimate of drug-likeness (QED) is 0.717. The third-order valence-corrected chi connectivity index (χ3v) is 3.80. The fraction of sp³-hybridized carbons (Fsp3) is 0.500. The first-order chi connectivity index (χ1) is 9.13. The maximum Gasteiger partial charge on any atom is 0.164 e. The molecule has 1 heterocycles. The van der Waals surface area contributed by atoms with Gasteiger partial charge in [0.05, 0.1) is 12.7 Å². The number of halogens is 2. The van der Waals surface area contributed by atoms with Crippen molar-refractivity contribution in [1.82, 2.24) is 0 Å². The Balaban J connectivity index is 2.02. The van der Waals surface area contributed by atoms with E-state index in [1.54, 1.807) is 19.1 Å². The van der Waals surface area contributed by atoms with Crippen LogP contribution in [0.3, 0.4) is 0 Å². The van der Waals surface area contributed by atoms with Gasteiger partial charge in [-0.3, -0.25) is 0 Å². The van der Waals surface area contributed by atoms with E-state index < -0.39 is 11.6 Å². The van der Waals surface area contributed by atoms with Gasteiger partial charge in [-0.05, 0) is 44.1 Å². The highest BCUT2D eigenvalue weighted by molar-refractivity contribution is 5.27. The number of ether oxygens (including phenoxy) is 1. The van der Waals surface area contributed by atoms with Gasteiger partial charge in [-0.15, -0.1) is 6.58 Å². The molecule has 19 heavy (non-hydrogen) atoms. The predicted molar refractivity (Wildman–Crippen MR) is 71.9 cm³/mol. The van der Waals surface area contributed by atoms with Crippen LogP contribution >= 0.6 is 0 Å². The van der Waals surface area contributed by atoms with E-state index in [2.05, 4.69) is 6.58 Å². The van der Waals surface area contributed by atoms with E-state index in [-0.39, 0.29) is 6.10 Å². The van der Waals surface area contributed by atoms with Crippen molar-refractivity contribution in [2.75, 3.05) is 6.61 Å². The molecule has 0 bridgehead atoms. The first-order valence-corrected chi connectivity index (χ1v) is 6.80. The fourth-order valence-electron chi connectivity index (χ4n) is 2.54. The van der Waals surface area contributed by atoms with E-state index in [4.69, 9.17) is 4.74 Å². The van der Waals surface area contributed by atoms with Crippen LogP contribution in [0.15, 0.2) is 24.8 Å². The smallest absolute Gasteiger partial charge is 0.164 e. The van der Waals surface area contributed by atoms with Crippen LogP contribution in [0.5, 0.6) is 0 Å². The Morgan fingerprint density at radius 2 is 2.11 bits per heavy atom. The normalized spacial score (nSPS) is 23.3. The van der Waals surface area contributed by atoms with Crippen LogP contribution in [0.2, 0.25) is 0 Å². The summed E-state index contributed by atoms with van der Waals surface area (Å²) in [6, 6.07) is 3.25. The Kier molecular flexibility index (Phi) is 4.70. The first-order valence-electron chi connectivity index (χ1n) is 6.80. The predicted octanol–water partition coefficient (Wildman–Crippen LogP) is 4.71. The summed E-state index contributed by atoms with van der Waals surface area (Å²) in [5, 5.41) is 0. The summed E-state index contributed by atoms with van der Waals surface area (Å²) in [5.74, 6) is -1.00.